The fourth-order valence-corrected chi connectivity index (χ4v) is 5.20. The number of para-hydroxylation sites is 1. The molecule has 41 heavy (non-hydrogen) atoms. The number of anilines is 1. The fraction of sp³-hybridized carbons (Fsp3) is 0.273. The number of aliphatic hydroxyl groups excluding tert-OH is 2. The van der Waals surface area contributed by atoms with Crippen molar-refractivity contribution in [1.82, 2.24) is 4.57 Å². The van der Waals surface area contributed by atoms with Gasteiger partial charge in [-0.3, -0.25) is 9.59 Å². The van der Waals surface area contributed by atoms with Crippen LogP contribution in [0.5, 0.6) is 0 Å². The summed E-state index contributed by atoms with van der Waals surface area (Å²) in [6.45, 7) is 4.25. The number of carbonyl (C=O) groups excluding carboxylic acids is 1. The summed E-state index contributed by atoms with van der Waals surface area (Å²) in [7, 11) is 0. The average Bonchev–Trinajstić information content (AvgIpc) is 3.28. The van der Waals surface area contributed by atoms with E-state index in [1.807, 2.05) is 79.1 Å². The molecule has 0 spiro atoms. The molecule has 4 rings (SSSR count). The molecule has 0 aliphatic heterocycles. The van der Waals surface area contributed by atoms with E-state index in [1.54, 1.807) is 12.1 Å². The smallest absolute Gasteiger partial charge is 0.305 e. The normalized spacial score (nSPS) is 12.7. The number of hydrogen-bond donors (Lipinski definition) is 4. The van der Waals surface area contributed by atoms with Gasteiger partial charge in [0.05, 0.1) is 29.9 Å². The zero-order chi connectivity index (χ0) is 29.5. The first kappa shape index (κ1) is 29.7. The molecular formula is C33H35FN2O5. The summed E-state index contributed by atoms with van der Waals surface area (Å²) in [6.07, 6.45) is -2.51. The molecule has 7 nitrogen and oxygen atoms in total. The predicted molar refractivity (Wildman–Crippen MR) is 157 cm³/mol. The van der Waals surface area contributed by atoms with Crippen LogP contribution in [0.3, 0.4) is 0 Å². The zero-order valence-electron chi connectivity index (χ0n) is 23.1. The number of carboxylic acid groups (broad SMARTS) is 1. The molecule has 2 atom stereocenters. The molecule has 0 saturated carbocycles. The van der Waals surface area contributed by atoms with E-state index < -0.39 is 24.6 Å². The Morgan fingerprint density at radius 2 is 1.46 bits per heavy atom. The molecule has 4 N–H and O–H groups in total. The Morgan fingerprint density at radius 1 is 0.854 bits per heavy atom. The van der Waals surface area contributed by atoms with Gasteiger partial charge in [-0.15, -0.1) is 0 Å². The standard InChI is InChI=1S/C33H35FN2O5/c1-21(2)31-30(33(41)35-25-11-7-4-8-12-25)29(22-9-5-3-6-10-22)32(23-13-15-24(34)16-14-23)36(31)18-17-26(37)19-27(38)20-28(39)40/h3-16,21,26-27,37-38H,17-20H2,1-2H3,(H,35,41)(H,39,40)/t26-,27-/m1/s1/i3+1,5+1,6+1,9+1,10+1,22+1,29+1,36+1. The van der Waals surface area contributed by atoms with Crippen LogP contribution in [-0.4, -0.2) is 44.0 Å². The number of rotatable bonds is 12. The third-order valence-electron chi connectivity index (χ3n) is 6.93. The first-order chi connectivity index (χ1) is 19.7. The molecule has 0 bridgehead atoms. The topological polar surface area (TPSA) is 112 Å². The second-order valence-electron chi connectivity index (χ2n) is 10.4. The number of aromatic nitrogens is 1. The Balaban J connectivity index is 1.89. The van der Waals surface area contributed by atoms with E-state index in [0.29, 0.717) is 28.1 Å². The van der Waals surface area contributed by atoms with E-state index in [0.717, 1.165) is 11.3 Å². The predicted octanol–water partition coefficient (Wildman–Crippen LogP) is 6.31. The lowest BCUT2D eigenvalue weighted by atomic mass is 10.1. The molecule has 1 aromatic heterocycles. The first-order valence-corrected chi connectivity index (χ1v) is 13.7. The molecule has 8 heteroatoms. The van der Waals surface area contributed by atoms with Crippen molar-refractivity contribution >= 4 is 17.6 Å². The molecule has 1 heterocycles. The minimum absolute atomic E-state index is 0.0939. The Hall–Kier alpha value is -4.27. The van der Waals surface area contributed by atoms with E-state index in [4.69, 9.17) is 5.11 Å². The highest BCUT2D eigenvalue weighted by molar-refractivity contribution is 6.12. The third-order valence-corrected chi connectivity index (χ3v) is 6.93. The molecule has 0 aliphatic carbocycles. The lowest BCUT2D eigenvalue weighted by Crippen LogP contribution is -2.22. The summed E-state index contributed by atoms with van der Waals surface area (Å²) >= 11 is 0. The number of nitrogens with one attached hydrogen (secondary N) is 1. The van der Waals surface area contributed by atoms with Gasteiger partial charge in [-0.1, -0.05) is 62.4 Å². The van der Waals surface area contributed by atoms with Gasteiger partial charge in [-0.2, -0.15) is 0 Å². The van der Waals surface area contributed by atoms with E-state index in [2.05, 4.69) is 5.32 Å². The summed E-state index contributed by atoms with van der Waals surface area (Å²) < 4.78 is 16.0. The maximum Gasteiger partial charge on any atom is 0.305 e. The number of carbonyl (C=O) groups is 2. The maximum atomic E-state index is 14.0. The zero-order valence-corrected chi connectivity index (χ0v) is 23.1. The highest BCUT2D eigenvalue weighted by atomic mass is 19.1. The van der Waals surface area contributed by atoms with Gasteiger partial charge >= 0.3 is 5.97 Å². The Bertz CT molecular complexity index is 1470. The largest absolute Gasteiger partial charge is 0.481 e. The van der Waals surface area contributed by atoms with Crippen LogP contribution in [0.15, 0.2) is 84.9 Å². The van der Waals surface area contributed by atoms with Gasteiger partial charge in [0.25, 0.3) is 5.91 Å². The number of carboxylic acids is 1. The van der Waals surface area contributed by atoms with Crippen molar-refractivity contribution in [2.24, 2.45) is 0 Å². The molecular weight excluding hydrogens is 531 g/mol. The number of amides is 1. The van der Waals surface area contributed by atoms with Crippen LogP contribution in [0.4, 0.5) is 10.1 Å². The summed E-state index contributed by atoms with van der Waals surface area (Å²) in [4.78, 5) is 25.0. The van der Waals surface area contributed by atoms with E-state index >= 15 is 0 Å². The molecule has 0 fully saturated rings. The van der Waals surface area contributed by atoms with Gasteiger partial charge in [-0.25, -0.2) is 4.39 Å². The van der Waals surface area contributed by atoms with Crippen molar-refractivity contribution in [3.8, 4) is 22.4 Å². The lowest BCUT2D eigenvalue weighted by Gasteiger charge is -2.20. The van der Waals surface area contributed by atoms with Gasteiger partial charge in [0.15, 0.2) is 0 Å². The Kier molecular flexibility index (Phi) is 9.70. The minimum atomic E-state index is -1.18. The van der Waals surface area contributed by atoms with Crippen LogP contribution in [0.1, 0.15) is 55.1 Å². The first-order valence-electron chi connectivity index (χ1n) is 13.7. The second-order valence-corrected chi connectivity index (χ2v) is 10.4. The summed E-state index contributed by atoms with van der Waals surface area (Å²) in [5.74, 6) is -1.93. The van der Waals surface area contributed by atoms with Crippen molar-refractivity contribution in [1.29, 1.82) is 0 Å². The molecule has 4 aromatic rings. The summed E-state index contributed by atoms with van der Waals surface area (Å²) in [5.41, 5.74) is 4.77. The number of nitrogens with zero attached hydrogens (tertiary/aromatic N) is 1. The van der Waals surface area contributed by atoms with Crippen LogP contribution in [0, 0.1) is 5.82 Å². The molecule has 0 aliphatic rings. The quantitative estimate of drug-likeness (QED) is 0.161. The van der Waals surface area contributed by atoms with Crippen LogP contribution in [0.2, 0.25) is 0 Å². The van der Waals surface area contributed by atoms with Gasteiger partial charge < -0.3 is 25.2 Å². The monoisotopic (exact) mass is 566 g/mol. The molecule has 1 amide bonds. The second kappa shape index (κ2) is 13.4. The summed E-state index contributed by atoms with van der Waals surface area (Å²) in [6, 6.07) is 24.8. The van der Waals surface area contributed by atoms with Gasteiger partial charge in [0, 0.05) is 23.5 Å². The van der Waals surface area contributed by atoms with Gasteiger partial charge in [0.1, 0.15) is 5.82 Å². The molecule has 0 saturated heterocycles. The minimum Gasteiger partial charge on any atom is -0.481 e. The summed E-state index contributed by atoms with van der Waals surface area (Å²) in [5, 5.41) is 32.8. The number of halogens is 1. The maximum absolute atomic E-state index is 14.0. The van der Waals surface area contributed by atoms with Crippen LogP contribution < -0.4 is 5.32 Å². The van der Waals surface area contributed by atoms with Gasteiger partial charge in [0.2, 0.25) is 0 Å². The number of aliphatic hydroxyl groups is 2. The van der Waals surface area contributed by atoms with Crippen molar-refractivity contribution in [3.05, 3.63) is 102 Å². The molecule has 0 radical (unpaired) electrons. The van der Waals surface area contributed by atoms with Gasteiger partial charge in [-0.05, 0) is 66.3 Å². The van der Waals surface area contributed by atoms with Crippen molar-refractivity contribution in [2.45, 2.75) is 57.8 Å². The number of benzene rings is 3. The SMILES string of the molecule is CC(C)c1c(C(=O)Nc2ccccc2)[13c](-[13c]2[13cH][13cH][13cH][13cH][13cH]2)c(-c2ccc(F)cc2)[15n]1CC[C@@H](O)C[C@@H](O)CC(=O)O. The molecule has 0 unspecified atom stereocenters. The van der Waals surface area contributed by atoms with E-state index in [-0.39, 0.29) is 37.0 Å². The number of hydrogen-bond acceptors (Lipinski definition) is 4. The van der Waals surface area contributed by atoms with Crippen LogP contribution in [-0.2, 0) is 11.3 Å². The lowest BCUT2D eigenvalue weighted by molar-refractivity contribution is -0.139. The third kappa shape index (κ3) is 7.28. The van der Waals surface area contributed by atoms with E-state index in [1.165, 1.54) is 12.1 Å². The van der Waals surface area contributed by atoms with Crippen molar-refractivity contribution < 1.29 is 29.3 Å². The van der Waals surface area contributed by atoms with Crippen LogP contribution >= 0.6 is 0 Å². The Labute approximate surface area is 238 Å². The highest BCUT2D eigenvalue weighted by Crippen LogP contribution is 2.42. The fourth-order valence-electron chi connectivity index (χ4n) is 5.20. The van der Waals surface area contributed by atoms with Crippen molar-refractivity contribution in [2.75, 3.05) is 5.32 Å². The van der Waals surface area contributed by atoms with E-state index in [9.17, 15) is 24.2 Å². The van der Waals surface area contributed by atoms with Crippen molar-refractivity contribution in [3.63, 3.8) is 0 Å². The average molecular weight is 567 g/mol. The Morgan fingerprint density at radius 3 is 2.05 bits per heavy atom. The number of aliphatic carboxylic acids is 1. The molecule has 3 aromatic carbocycles. The highest BCUT2D eigenvalue weighted by Gasteiger charge is 2.31. The van der Waals surface area contributed by atoms with Crippen LogP contribution in [0.25, 0.3) is 22.4 Å². The molecule has 214 valence electrons.